The van der Waals surface area contributed by atoms with Gasteiger partial charge in [-0.1, -0.05) is 11.6 Å². The fourth-order valence-electron chi connectivity index (χ4n) is 3.06. The van der Waals surface area contributed by atoms with Crippen molar-refractivity contribution in [3.05, 3.63) is 35.0 Å². The smallest absolute Gasteiger partial charge is 0.227 e. The molecule has 1 aliphatic heterocycles. The van der Waals surface area contributed by atoms with E-state index in [2.05, 4.69) is 30.1 Å². The van der Waals surface area contributed by atoms with E-state index in [9.17, 15) is 9.59 Å². The standard InChI is InChI=1S/C17H21N3O2/c1-12-3-4-16-15(9-12)14(13(2)18-16)10-17(22)20-7-5-19(11-21)6-8-20/h3-4,9,11,18H,5-8,10H2,1-2H3. The summed E-state index contributed by atoms with van der Waals surface area (Å²) in [6, 6.07) is 6.27. The number of carbonyl (C=O) groups excluding carboxylic acids is 2. The summed E-state index contributed by atoms with van der Waals surface area (Å²) in [4.78, 5) is 30.2. The van der Waals surface area contributed by atoms with E-state index in [0.29, 0.717) is 32.6 Å². The lowest BCUT2D eigenvalue weighted by atomic mass is 10.0. The minimum absolute atomic E-state index is 0.135. The summed E-state index contributed by atoms with van der Waals surface area (Å²) in [7, 11) is 0. The largest absolute Gasteiger partial charge is 0.358 e. The molecule has 3 rings (SSSR count). The van der Waals surface area contributed by atoms with Gasteiger partial charge in [-0.05, 0) is 31.5 Å². The lowest BCUT2D eigenvalue weighted by Gasteiger charge is -2.32. The van der Waals surface area contributed by atoms with E-state index in [1.165, 1.54) is 5.56 Å². The van der Waals surface area contributed by atoms with Gasteiger partial charge in [-0.25, -0.2) is 0 Å². The van der Waals surface area contributed by atoms with E-state index < -0.39 is 0 Å². The van der Waals surface area contributed by atoms with Crippen molar-refractivity contribution in [1.82, 2.24) is 14.8 Å². The fourth-order valence-corrected chi connectivity index (χ4v) is 3.06. The van der Waals surface area contributed by atoms with Gasteiger partial charge in [0.2, 0.25) is 12.3 Å². The summed E-state index contributed by atoms with van der Waals surface area (Å²) >= 11 is 0. The van der Waals surface area contributed by atoms with Crippen LogP contribution in [0.4, 0.5) is 0 Å². The van der Waals surface area contributed by atoms with Crippen LogP contribution in [0.3, 0.4) is 0 Å². The first-order valence-electron chi connectivity index (χ1n) is 7.63. The lowest BCUT2D eigenvalue weighted by Crippen LogP contribution is -2.48. The molecule has 5 nitrogen and oxygen atoms in total. The van der Waals surface area contributed by atoms with Crippen LogP contribution in [-0.2, 0) is 16.0 Å². The summed E-state index contributed by atoms with van der Waals surface area (Å²) in [5, 5.41) is 1.14. The third-order valence-electron chi connectivity index (χ3n) is 4.42. The van der Waals surface area contributed by atoms with Crippen molar-refractivity contribution < 1.29 is 9.59 Å². The highest BCUT2D eigenvalue weighted by Gasteiger charge is 2.22. The molecule has 22 heavy (non-hydrogen) atoms. The second-order valence-electron chi connectivity index (χ2n) is 5.98. The minimum atomic E-state index is 0.135. The maximum atomic E-state index is 12.5. The number of nitrogens with zero attached hydrogens (tertiary/aromatic N) is 2. The van der Waals surface area contributed by atoms with Crippen molar-refractivity contribution in [3.63, 3.8) is 0 Å². The normalized spacial score (nSPS) is 15.4. The van der Waals surface area contributed by atoms with Crippen LogP contribution in [0, 0.1) is 13.8 Å². The number of aromatic nitrogens is 1. The van der Waals surface area contributed by atoms with E-state index in [4.69, 9.17) is 0 Å². The molecule has 2 aromatic rings. The average Bonchev–Trinajstić information content (AvgIpc) is 2.83. The number of aromatic amines is 1. The number of benzene rings is 1. The average molecular weight is 299 g/mol. The van der Waals surface area contributed by atoms with Gasteiger partial charge in [-0.15, -0.1) is 0 Å². The Bertz CT molecular complexity index is 712. The van der Waals surface area contributed by atoms with Gasteiger partial charge in [-0.2, -0.15) is 0 Å². The summed E-state index contributed by atoms with van der Waals surface area (Å²) in [6.45, 7) is 6.58. The highest BCUT2D eigenvalue weighted by atomic mass is 16.2. The van der Waals surface area contributed by atoms with Crippen LogP contribution in [0.2, 0.25) is 0 Å². The Morgan fingerprint density at radius 2 is 1.95 bits per heavy atom. The molecule has 1 saturated heterocycles. The molecule has 116 valence electrons. The van der Waals surface area contributed by atoms with Gasteiger partial charge in [-0.3, -0.25) is 9.59 Å². The van der Waals surface area contributed by atoms with Crippen LogP contribution in [0.15, 0.2) is 18.2 Å². The third-order valence-corrected chi connectivity index (χ3v) is 4.42. The molecule has 1 fully saturated rings. The van der Waals surface area contributed by atoms with Gasteiger partial charge in [0.05, 0.1) is 6.42 Å². The topological polar surface area (TPSA) is 56.4 Å². The van der Waals surface area contributed by atoms with Crippen molar-refractivity contribution in [1.29, 1.82) is 0 Å². The second kappa shape index (κ2) is 5.83. The SMILES string of the molecule is Cc1ccc2[nH]c(C)c(CC(=O)N3CCN(C=O)CC3)c2c1. The Balaban J connectivity index is 1.78. The van der Waals surface area contributed by atoms with Gasteiger partial charge < -0.3 is 14.8 Å². The third kappa shape index (κ3) is 2.71. The summed E-state index contributed by atoms with van der Waals surface area (Å²) in [6.07, 6.45) is 1.27. The van der Waals surface area contributed by atoms with Gasteiger partial charge in [0.25, 0.3) is 0 Å². The monoisotopic (exact) mass is 299 g/mol. The minimum Gasteiger partial charge on any atom is -0.358 e. The molecule has 0 unspecified atom stereocenters. The maximum absolute atomic E-state index is 12.5. The van der Waals surface area contributed by atoms with E-state index in [1.807, 2.05) is 11.8 Å². The van der Waals surface area contributed by atoms with E-state index in [1.54, 1.807) is 4.90 Å². The lowest BCUT2D eigenvalue weighted by molar-refractivity contribution is -0.134. The molecule has 0 aliphatic carbocycles. The number of rotatable bonds is 3. The van der Waals surface area contributed by atoms with E-state index >= 15 is 0 Å². The molecule has 1 aromatic heterocycles. The molecule has 0 atom stereocenters. The zero-order valence-corrected chi connectivity index (χ0v) is 13.1. The molecule has 2 amide bonds. The molecule has 0 spiro atoms. The van der Waals surface area contributed by atoms with Gasteiger partial charge >= 0.3 is 0 Å². The summed E-state index contributed by atoms with van der Waals surface area (Å²) < 4.78 is 0. The molecule has 1 N–H and O–H groups in total. The fraction of sp³-hybridized carbons (Fsp3) is 0.412. The molecule has 0 radical (unpaired) electrons. The maximum Gasteiger partial charge on any atom is 0.227 e. The number of fused-ring (bicyclic) bond motifs is 1. The molecule has 1 aromatic carbocycles. The first kappa shape index (κ1) is 14.6. The van der Waals surface area contributed by atoms with Crippen LogP contribution in [-0.4, -0.2) is 53.3 Å². The zero-order chi connectivity index (χ0) is 15.7. The molecule has 0 bridgehead atoms. The van der Waals surface area contributed by atoms with Crippen molar-refractivity contribution in [2.75, 3.05) is 26.2 Å². The molecule has 5 heteroatoms. The number of nitrogens with one attached hydrogen (secondary N) is 1. The number of hydrogen-bond donors (Lipinski definition) is 1. The van der Waals surface area contributed by atoms with Gasteiger partial charge in [0.15, 0.2) is 0 Å². The first-order chi connectivity index (χ1) is 10.6. The molecule has 1 aliphatic rings. The number of hydrogen-bond acceptors (Lipinski definition) is 2. The van der Waals surface area contributed by atoms with Crippen LogP contribution >= 0.6 is 0 Å². The molecular formula is C17H21N3O2. The number of carbonyl (C=O) groups is 2. The Morgan fingerprint density at radius 3 is 2.64 bits per heavy atom. The second-order valence-corrected chi connectivity index (χ2v) is 5.98. The van der Waals surface area contributed by atoms with E-state index in [-0.39, 0.29) is 5.91 Å². The number of H-pyrrole nitrogens is 1. The Labute approximate surface area is 129 Å². The molecular weight excluding hydrogens is 278 g/mol. The Morgan fingerprint density at radius 1 is 1.23 bits per heavy atom. The number of piperazine rings is 1. The number of aryl methyl sites for hydroxylation is 2. The Hall–Kier alpha value is -2.30. The first-order valence-corrected chi connectivity index (χ1v) is 7.63. The van der Waals surface area contributed by atoms with Crippen molar-refractivity contribution in [2.24, 2.45) is 0 Å². The van der Waals surface area contributed by atoms with Crippen LogP contribution < -0.4 is 0 Å². The van der Waals surface area contributed by atoms with Crippen molar-refractivity contribution in [2.45, 2.75) is 20.3 Å². The van der Waals surface area contributed by atoms with Crippen LogP contribution in [0.25, 0.3) is 10.9 Å². The van der Waals surface area contributed by atoms with Crippen molar-refractivity contribution in [3.8, 4) is 0 Å². The summed E-state index contributed by atoms with van der Waals surface area (Å²) in [5.74, 6) is 0.135. The quantitative estimate of drug-likeness (QED) is 0.876. The predicted molar refractivity (Wildman–Crippen MR) is 85.7 cm³/mol. The van der Waals surface area contributed by atoms with E-state index in [0.717, 1.165) is 28.6 Å². The summed E-state index contributed by atoms with van der Waals surface area (Å²) in [5.41, 5.74) is 4.42. The van der Waals surface area contributed by atoms with Gasteiger partial charge in [0.1, 0.15) is 0 Å². The zero-order valence-electron chi connectivity index (χ0n) is 13.1. The highest BCUT2D eigenvalue weighted by Crippen LogP contribution is 2.24. The highest BCUT2D eigenvalue weighted by molar-refractivity contribution is 5.90. The van der Waals surface area contributed by atoms with Gasteiger partial charge in [0, 0.05) is 42.8 Å². The predicted octanol–water partition coefficient (Wildman–Crippen LogP) is 1.63. The number of amides is 2. The molecule has 2 heterocycles. The van der Waals surface area contributed by atoms with Crippen LogP contribution in [0.1, 0.15) is 16.8 Å². The van der Waals surface area contributed by atoms with Crippen molar-refractivity contribution >= 4 is 23.2 Å². The van der Waals surface area contributed by atoms with Crippen LogP contribution in [0.5, 0.6) is 0 Å². The Kier molecular flexibility index (Phi) is 3.88. The molecule has 0 saturated carbocycles.